The molecule has 3 rings (SSSR count). The molecule has 1 aromatic carbocycles. The zero-order chi connectivity index (χ0) is 11.4. The Morgan fingerprint density at radius 1 is 1.19 bits per heavy atom. The van der Waals surface area contributed by atoms with Crippen molar-refractivity contribution in [1.82, 2.24) is 5.32 Å². The second-order valence-electron chi connectivity index (χ2n) is 4.76. The van der Waals surface area contributed by atoms with Gasteiger partial charge >= 0.3 is 6.18 Å². The summed E-state index contributed by atoms with van der Waals surface area (Å²) in [6.45, 7) is 1.91. The standard InChI is InChI=1S/C12H12F3N/c13-12(14,15)9-3-1-8(2-4-9)11-5-10(11)6-16-7-11/h1-4,10,16H,5-7H2/t10-,11?/m0/s1. The van der Waals surface area contributed by atoms with Gasteiger partial charge < -0.3 is 5.32 Å². The minimum atomic E-state index is -4.23. The fourth-order valence-corrected chi connectivity index (χ4v) is 2.78. The van der Waals surface area contributed by atoms with Crippen molar-refractivity contribution in [2.45, 2.75) is 18.0 Å². The van der Waals surface area contributed by atoms with Gasteiger partial charge in [-0.2, -0.15) is 13.2 Å². The van der Waals surface area contributed by atoms with Gasteiger partial charge in [-0.3, -0.25) is 0 Å². The Hall–Kier alpha value is -1.03. The zero-order valence-electron chi connectivity index (χ0n) is 8.64. The lowest BCUT2D eigenvalue weighted by molar-refractivity contribution is -0.137. The van der Waals surface area contributed by atoms with E-state index >= 15 is 0 Å². The Labute approximate surface area is 91.7 Å². The van der Waals surface area contributed by atoms with Gasteiger partial charge in [-0.05, 0) is 36.6 Å². The molecule has 0 aromatic heterocycles. The average molecular weight is 227 g/mol. The molecule has 1 saturated heterocycles. The van der Waals surface area contributed by atoms with E-state index in [-0.39, 0.29) is 5.41 Å². The van der Waals surface area contributed by atoms with Crippen LogP contribution >= 0.6 is 0 Å². The van der Waals surface area contributed by atoms with E-state index in [2.05, 4.69) is 5.32 Å². The van der Waals surface area contributed by atoms with Crippen molar-refractivity contribution in [2.75, 3.05) is 13.1 Å². The lowest BCUT2D eigenvalue weighted by atomic mass is 9.94. The second kappa shape index (κ2) is 3.00. The van der Waals surface area contributed by atoms with Gasteiger partial charge in [0.1, 0.15) is 0 Å². The molecule has 2 aliphatic rings. The fraction of sp³-hybridized carbons (Fsp3) is 0.500. The molecule has 1 N–H and O–H groups in total. The molecule has 1 aliphatic heterocycles. The summed E-state index contributed by atoms with van der Waals surface area (Å²) in [7, 11) is 0. The molecule has 16 heavy (non-hydrogen) atoms. The molecule has 1 aromatic rings. The van der Waals surface area contributed by atoms with Gasteiger partial charge in [0.2, 0.25) is 0 Å². The SMILES string of the molecule is FC(F)(F)c1ccc(C23CNC[C@@H]2C3)cc1. The van der Waals surface area contributed by atoms with E-state index < -0.39 is 11.7 Å². The van der Waals surface area contributed by atoms with Crippen LogP contribution in [0.5, 0.6) is 0 Å². The van der Waals surface area contributed by atoms with E-state index in [0.29, 0.717) is 5.92 Å². The molecule has 2 fully saturated rings. The highest BCUT2D eigenvalue weighted by Gasteiger charge is 2.57. The normalized spacial score (nSPS) is 32.6. The molecule has 86 valence electrons. The summed E-state index contributed by atoms with van der Waals surface area (Å²) in [5.41, 5.74) is 0.635. The maximum Gasteiger partial charge on any atom is 0.416 e. The number of benzene rings is 1. The van der Waals surface area contributed by atoms with Crippen LogP contribution in [-0.4, -0.2) is 13.1 Å². The van der Waals surface area contributed by atoms with Crippen LogP contribution in [0.1, 0.15) is 17.5 Å². The summed E-state index contributed by atoms with van der Waals surface area (Å²) in [5, 5.41) is 3.28. The van der Waals surface area contributed by atoms with E-state index in [0.717, 1.165) is 25.1 Å². The number of hydrogen-bond donors (Lipinski definition) is 1. The highest BCUT2D eigenvalue weighted by molar-refractivity contribution is 5.38. The summed E-state index contributed by atoms with van der Waals surface area (Å²) < 4.78 is 37.2. The largest absolute Gasteiger partial charge is 0.416 e. The maximum absolute atomic E-state index is 12.4. The third kappa shape index (κ3) is 1.36. The molecular formula is C12H12F3N. The number of halogens is 3. The molecule has 1 heterocycles. The highest BCUT2D eigenvalue weighted by atomic mass is 19.4. The number of fused-ring (bicyclic) bond motifs is 1. The van der Waals surface area contributed by atoms with Crippen molar-refractivity contribution in [2.24, 2.45) is 5.92 Å². The molecular weight excluding hydrogens is 215 g/mol. The molecule has 1 unspecified atom stereocenters. The molecule has 0 amide bonds. The smallest absolute Gasteiger partial charge is 0.316 e. The third-order valence-corrected chi connectivity index (χ3v) is 3.85. The molecule has 0 spiro atoms. The summed E-state index contributed by atoms with van der Waals surface area (Å²) in [6.07, 6.45) is -3.11. The van der Waals surface area contributed by atoms with Crippen LogP contribution in [-0.2, 0) is 11.6 Å². The Morgan fingerprint density at radius 2 is 1.88 bits per heavy atom. The maximum atomic E-state index is 12.4. The topological polar surface area (TPSA) is 12.0 Å². The first-order chi connectivity index (χ1) is 7.52. The Kier molecular flexibility index (Phi) is 1.90. The highest BCUT2D eigenvalue weighted by Crippen LogP contribution is 2.56. The van der Waals surface area contributed by atoms with Crippen molar-refractivity contribution in [3.05, 3.63) is 35.4 Å². The number of alkyl halides is 3. The lowest BCUT2D eigenvalue weighted by Gasteiger charge is -2.13. The van der Waals surface area contributed by atoms with Gasteiger partial charge in [0, 0.05) is 12.0 Å². The monoisotopic (exact) mass is 227 g/mol. The molecule has 1 aliphatic carbocycles. The first kappa shape index (κ1) is 10.1. The minimum absolute atomic E-state index is 0.143. The number of piperidine rings is 1. The third-order valence-electron chi connectivity index (χ3n) is 3.85. The fourth-order valence-electron chi connectivity index (χ4n) is 2.78. The van der Waals surface area contributed by atoms with Crippen LogP contribution in [0.25, 0.3) is 0 Å². The summed E-state index contributed by atoms with van der Waals surface area (Å²) in [4.78, 5) is 0. The van der Waals surface area contributed by atoms with Crippen LogP contribution in [0.4, 0.5) is 13.2 Å². The number of rotatable bonds is 1. The van der Waals surface area contributed by atoms with Crippen LogP contribution < -0.4 is 5.32 Å². The van der Waals surface area contributed by atoms with Crippen molar-refractivity contribution in [1.29, 1.82) is 0 Å². The zero-order valence-corrected chi connectivity index (χ0v) is 8.64. The Morgan fingerprint density at radius 3 is 2.31 bits per heavy atom. The number of nitrogens with one attached hydrogen (secondary N) is 1. The molecule has 4 heteroatoms. The van der Waals surface area contributed by atoms with Gasteiger partial charge in [-0.1, -0.05) is 12.1 Å². The van der Waals surface area contributed by atoms with E-state index in [4.69, 9.17) is 0 Å². The Balaban J connectivity index is 1.89. The molecule has 0 bridgehead atoms. The van der Waals surface area contributed by atoms with Crippen molar-refractivity contribution >= 4 is 0 Å². The number of hydrogen-bond acceptors (Lipinski definition) is 1. The summed E-state index contributed by atoms with van der Waals surface area (Å²) >= 11 is 0. The molecule has 1 saturated carbocycles. The Bertz CT molecular complexity index is 409. The van der Waals surface area contributed by atoms with E-state index in [9.17, 15) is 13.2 Å². The van der Waals surface area contributed by atoms with E-state index in [1.54, 1.807) is 12.1 Å². The first-order valence-electron chi connectivity index (χ1n) is 5.41. The predicted octanol–water partition coefficient (Wildman–Crippen LogP) is 2.57. The van der Waals surface area contributed by atoms with Crippen LogP contribution in [0.2, 0.25) is 0 Å². The van der Waals surface area contributed by atoms with Crippen molar-refractivity contribution < 1.29 is 13.2 Å². The average Bonchev–Trinajstić information content (AvgIpc) is 2.81. The van der Waals surface area contributed by atoms with Crippen LogP contribution in [0.3, 0.4) is 0 Å². The van der Waals surface area contributed by atoms with E-state index in [1.165, 1.54) is 12.1 Å². The van der Waals surface area contributed by atoms with Crippen molar-refractivity contribution in [3.8, 4) is 0 Å². The lowest BCUT2D eigenvalue weighted by Crippen LogP contribution is -2.19. The summed E-state index contributed by atoms with van der Waals surface area (Å²) in [5.74, 6) is 0.629. The second-order valence-corrected chi connectivity index (χ2v) is 4.76. The first-order valence-corrected chi connectivity index (χ1v) is 5.41. The van der Waals surface area contributed by atoms with Gasteiger partial charge in [0.05, 0.1) is 5.56 Å². The quantitative estimate of drug-likeness (QED) is 0.777. The van der Waals surface area contributed by atoms with Crippen LogP contribution in [0, 0.1) is 5.92 Å². The van der Waals surface area contributed by atoms with E-state index in [1.807, 2.05) is 0 Å². The summed E-state index contributed by atoms with van der Waals surface area (Å²) in [6, 6.07) is 5.65. The molecule has 1 nitrogen and oxygen atoms in total. The molecule has 2 atom stereocenters. The van der Waals surface area contributed by atoms with Gasteiger partial charge in [-0.25, -0.2) is 0 Å². The molecule has 0 radical (unpaired) electrons. The predicted molar refractivity (Wildman–Crippen MR) is 54.1 cm³/mol. The van der Waals surface area contributed by atoms with Gasteiger partial charge in [0.25, 0.3) is 0 Å². The van der Waals surface area contributed by atoms with Crippen molar-refractivity contribution in [3.63, 3.8) is 0 Å². The van der Waals surface area contributed by atoms with Gasteiger partial charge in [0.15, 0.2) is 0 Å². The van der Waals surface area contributed by atoms with Gasteiger partial charge in [-0.15, -0.1) is 0 Å². The van der Waals surface area contributed by atoms with Crippen LogP contribution in [0.15, 0.2) is 24.3 Å². The minimum Gasteiger partial charge on any atom is -0.316 e.